The molecule has 0 saturated carbocycles. The van der Waals surface area contributed by atoms with Gasteiger partial charge in [0.05, 0.1) is 10.1 Å². The van der Waals surface area contributed by atoms with E-state index in [1.807, 2.05) is 0 Å². The summed E-state index contributed by atoms with van der Waals surface area (Å²) in [6, 6.07) is 0. The summed E-state index contributed by atoms with van der Waals surface area (Å²) in [7, 11) is -4.13. The molecule has 0 aromatic rings. The zero-order valence-corrected chi connectivity index (χ0v) is 14.1. The van der Waals surface area contributed by atoms with E-state index in [4.69, 9.17) is 0 Å². The van der Waals surface area contributed by atoms with Crippen LogP contribution in [0.1, 0.15) is 64.7 Å². The Labute approximate surface area is 129 Å². The minimum atomic E-state index is -4.13. The van der Waals surface area contributed by atoms with Gasteiger partial charge in [-0.3, -0.25) is 0 Å². The van der Waals surface area contributed by atoms with Crippen molar-refractivity contribution >= 4 is 10.1 Å². The van der Waals surface area contributed by atoms with E-state index >= 15 is 0 Å². The molecule has 0 bridgehead atoms. The third kappa shape index (κ3) is 11.7. The maximum atomic E-state index is 10.8. The van der Waals surface area contributed by atoms with Crippen molar-refractivity contribution in [2.24, 2.45) is 0 Å². The van der Waals surface area contributed by atoms with Crippen LogP contribution in [0.3, 0.4) is 0 Å². The monoisotopic (exact) mass is 271 g/mol. The molecule has 0 aromatic heterocycles. The molecule has 0 fully saturated rings. The Hall–Kier alpha value is 0.910. The third-order valence-corrected chi connectivity index (χ3v) is 4.15. The van der Waals surface area contributed by atoms with Crippen LogP contribution in [0.15, 0.2) is 0 Å². The molecule has 0 amide bonds. The smallest absolute Gasteiger partial charge is 0.748 e. The van der Waals surface area contributed by atoms with Gasteiger partial charge in [-0.25, -0.2) is 8.42 Å². The summed E-state index contributed by atoms with van der Waals surface area (Å²) in [5.74, 6) is 0. The molecule has 0 aromatic carbocycles. The van der Waals surface area contributed by atoms with E-state index in [1.165, 1.54) is 25.7 Å². The van der Waals surface area contributed by atoms with E-state index in [2.05, 4.69) is 13.8 Å². The van der Waals surface area contributed by atoms with Crippen LogP contribution in [0.5, 0.6) is 0 Å². The van der Waals surface area contributed by atoms with Crippen molar-refractivity contribution in [3.05, 3.63) is 6.92 Å². The normalized spacial score (nSPS) is 13.1. The Kier molecular flexibility index (Phi) is 14.2. The van der Waals surface area contributed by atoms with Crippen molar-refractivity contribution in [1.29, 1.82) is 0 Å². The fourth-order valence-corrected chi connectivity index (χ4v) is 2.51. The van der Waals surface area contributed by atoms with Gasteiger partial charge in [-0.05, 0) is 12.8 Å². The van der Waals surface area contributed by atoms with Crippen molar-refractivity contribution in [2.45, 2.75) is 70.0 Å². The van der Waals surface area contributed by atoms with Crippen molar-refractivity contribution in [3.63, 3.8) is 0 Å². The molecule has 0 saturated heterocycles. The first kappa shape index (κ1) is 20.2. The van der Waals surface area contributed by atoms with Crippen LogP contribution >= 0.6 is 0 Å². The predicted molar refractivity (Wildman–Crippen MR) is 66.1 cm³/mol. The van der Waals surface area contributed by atoms with Crippen LogP contribution in [0.2, 0.25) is 0 Å². The Morgan fingerprint density at radius 3 is 1.94 bits per heavy atom. The summed E-state index contributed by atoms with van der Waals surface area (Å²) in [6.07, 6.45) is 8.65. The van der Waals surface area contributed by atoms with Crippen LogP contribution in [-0.2, 0) is 10.1 Å². The average Bonchev–Trinajstić information content (AvgIpc) is 2.20. The van der Waals surface area contributed by atoms with Crippen molar-refractivity contribution in [2.75, 3.05) is 0 Å². The second kappa shape index (κ2) is 12.0. The molecule has 0 aliphatic rings. The molecule has 0 rings (SSSR count). The number of rotatable bonds is 10. The predicted octanol–water partition coefficient (Wildman–Crippen LogP) is 0.269. The molecule has 1 atom stereocenters. The zero-order valence-electron chi connectivity index (χ0n) is 11.3. The van der Waals surface area contributed by atoms with Crippen LogP contribution in [0, 0.1) is 6.92 Å². The van der Waals surface area contributed by atoms with E-state index < -0.39 is 15.4 Å². The van der Waals surface area contributed by atoms with Crippen LogP contribution in [0.4, 0.5) is 0 Å². The van der Waals surface area contributed by atoms with Gasteiger partial charge < -0.3 is 4.55 Å². The van der Waals surface area contributed by atoms with Gasteiger partial charge in [0, 0.05) is 5.25 Å². The Bertz CT molecular complexity index is 252. The standard InChI is InChI=1S/C12H25O3S.Na/c1-3-5-6-7-8-9-10-11-12(4-2)16(13,14)15;/h12H,2-11H2,1H3,(H,13,14,15);/q;+1/p-1. The molecule has 0 N–H and O–H groups in total. The van der Waals surface area contributed by atoms with E-state index in [0.717, 1.165) is 19.3 Å². The van der Waals surface area contributed by atoms with Gasteiger partial charge in [0.25, 0.3) is 0 Å². The van der Waals surface area contributed by atoms with Crippen LogP contribution in [0.25, 0.3) is 0 Å². The summed E-state index contributed by atoms with van der Waals surface area (Å²) in [5, 5.41) is -0.775. The molecule has 17 heavy (non-hydrogen) atoms. The van der Waals surface area contributed by atoms with E-state index in [9.17, 15) is 13.0 Å². The topological polar surface area (TPSA) is 57.2 Å². The van der Waals surface area contributed by atoms with Gasteiger partial charge >= 0.3 is 29.6 Å². The Morgan fingerprint density at radius 2 is 1.53 bits per heavy atom. The molecule has 0 aliphatic heterocycles. The quantitative estimate of drug-likeness (QED) is 0.325. The minimum absolute atomic E-state index is 0. The fourth-order valence-electron chi connectivity index (χ4n) is 1.76. The fraction of sp³-hybridized carbons (Fsp3) is 0.917. The molecule has 1 unspecified atom stereocenters. The van der Waals surface area contributed by atoms with Crippen LogP contribution in [-0.4, -0.2) is 18.2 Å². The summed E-state index contributed by atoms with van der Waals surface area (Å²) < 4.78 is 32.3. The average molecular weight is 271 g/mol. The molecule has 1 radical (unpaired) electrons. The van der Waals surface area contributed by atoms with Crippen molar-refractivity contribution in [3.8, 4) is 0 Å². The van der Waals surface area contributed by atoms with Gasteiger partial charge in [0.1, 0.15) is 0 Å². The number of hydrogen-bond donors (Lipinski definition) is 0. The maximum absolute atomic E-state index is 10.8. The van der Waals surface area contributed by atoms with Gasteiger partial charge in [-0.15, -0.1) is 0 Å². The van der Waals surface area contributed by atoms with Crippen LogP contribution < -0.4 is 29.6 Å². The van der Waals surface area contributed by atoms with E-state index in [-0.39, 0.29) is 36.0 Å². The first-order valence-corrected chi connectivity index (χ1v) is 7.73. The zero-order chi connectivity index (χ0) is 12.4. The second-order valence-electron chi connectivity index (χ2n) is 4.31. The largest absolute Gasteiger partial charge is 1.00 e. The van der Waals surface area contributed by atoms with Gasteiger partial charge in [0.15, 0.2) is 0 Å². The van der Waals surface area contributed by atoms with E-state index in [1.54, 1.807) is 0 Å². The minimum Gasteiger partial charge on any atom is -0.748 e. The van der Waals surface area contributed by atoms with Crippen molar-refractivity contribution < 1.29 is 42.5 Å². The molecule has 3 nitrogen and oxygen atoms in total. The molecular weight excluding hydrogens is 247 g/mol. The Balaban J connectivity index is 0. The Morgan fingerprint density at radius 1 is 1.06 bits per heavy atom. The van der Waals surface area contributed by atoms with E-state index in [0.29, 0.717) is 6.42 Å². The molecule has 0 heterocycles. The number of hydrogen-bond acceptors (Lipinski definition) is 3. The molecule has 5 heteroatoms. The molecule has 0 spiro atoms. The first-order valence-electron chi connectivity index (χ1n) is 6.26. The van der Waals surface area contributed by atoms with Crippen molar-refractivity contribution in [1.82, 2.24) is 0 Å². The summed E-state index contributed by atoms with van der Waals surface area (Å²) in [6.45, 7) is 5.69. The molecule has 0 aliphatic carbocycles. The summed E-state index contributed by atoms with van der Waals surface area (Å²) in [4.78, 5) is 0. The third-order valence-electron chi connectivity index (χ3n) is 2.86. The van der Waals surface area contributed by atoms with Gasteiger partial charge in [-0.1, -0.05) is 58.8 Å². The van der Waals surface area contributed by atoms with Gasteiger partial charge in [-0.2, -0.15) is 0 Å². The summed E-state index contributed by atoms with van der Waals surface area (Å²) >= 11 is 0. The molecule has 97 valence electrons. The number of unbranched alkanes of at least 4 members (excludes halogenated alkanes) is 6. The van der Waals surface area contributed by atoms with Gasteiger partial charge in [0.2, 0.25) is 0 Å². The second-order valence-corrected chi connectivity index (χ2v) is 5.97. The maximum Gasteiger partial charge on any atom is 1.00 e. The summed E-state index contributed by atoms with van der Waals surface area (Å²) in [5.41, 5.74) is 0. The first-order chi connectivity index (χ1) is 7.52. The SMILES string of the molecule is [CH2]CC(CCCCCCCCC)S(=O)(=O)[O-].[Na+]. The molecular formula is C12H24NaO3S.